The van der Waals surface area contributed by atoms with E-state index in [1.54, 1.807) is 40.2 Å². The van der Waals surface area contributed by atoms with Crippen LogP contribution in [0.3, 0.4) is 0 Å². The van der Waals surface area contributed by atoms with E-state index < -0.39 is 12.6 Å². The minimum Gasteiger partial charge on any atom is -0.347 e. The fourth-order valence-corrected chi connectivity index (χ4v) is 6.20. The Morgan fingerprint density at radius 1 is 1.10 bits per heavy atom. The third-order valence-corrected chi connectivity index (χ3v) is 8.63. The standard InChI is InChI=1S/C21H23FN2O2.C11H12N2S2/c1-14-7-9-17(10-8-14)23-21(26)18-13-24(12-11-22)15(2)19(20(18)25)16-5-3-4-6-16;1-7-4-5-12-8-6-9(14-2)11(15-3)13-10(7)8/h5,7-10,13H,3-4,6,11-12H2,1-2H3,(H,23,26);4-6H,1-3H3. The Morgan fingerprint density at radius 3 is 2.49 bits per heavy atom. The maximum atomic E-state index is 13.0. The summed E-state index contributed by atoms with van der Waals surface area (Å²) in [6.07, 6.45) is 12.2. The molecule has 6 nitrogen and oxygen atoms in total. The van der Waals surface area contributed by atoms with Gasteiger partial charge in [0.05, 0.1) is 17.6 Å². The van der Waals surface area contributed by atoms with Crippen LogP contribution in [0.25, 0.3) is 16.6 Å². The molecule has 1 amide bonds. The molecule has 0 saturated heterocycles. The number of nitrogens with one attached hydrogen (secondary N) is 1. The second-order valence-corrected chi connectivity index (χ2v) is 11.5. The Balaban J connectivity index is 0.000000218. The van der Waals surface area contributed by atoms with E-state index in [1.807, 2.05) is 44.3 Å². The Kier molecular flexibility index (Phi) is 10.4. The maximum absolute atomic E-state index is 13.0. The molecule has 0 atom stereocenters. The molecule has 1 aromatic carbocycles. The van der Waals surface area contributed by atoms with E-state index >= 15 is 0 Å². The third-order valence-electron chi connectivity index (χ3n) is 7.05. The van der Waals surface area contributed by atoms with Crippen molar-refractivity contribution in [3.8, 4) is 0 Å². The lowest BCUT2D eigenvalue weighted by Gasteiger charge is -2.16. The summed E-state index contributed by atoms with van der Waals surface area (Å²) in [5.74, 6) is -0.466. The van der Waals surface area contributed by atoms with Crippen LogP contribution in [-0.4, -0.2) is 39.6 Å². The van der Waals surface area contributed by atoms with Gasteiger partial charge in [-0.2, -0.15) is 0 Å². The fourth-order valence-electron chi connectivity index (χ4n) is 4.81. The highest BCUT2D eigenvalue weighted by Crippen LogP contribution is 2.30. The molecule has 214 valence electrons. The lowest BCUT2D eigenvalue weighted by atomic mass is 10.0. The Labute approximate surface area is 248 Å². The predicted molar refractivity (Wildman–Crippen MR) is 170 cm³/mol. The van der Waals surface area contributed by atoms with Gasteiger partial charge >= 0.3 is 0 Å². The van der Waals surface area contributed by atoms with Crippen molar-refractivity contribution >= 4 is 51.7 Å². The van der Waals surface area contributed by atoms with E-state index in [2.05, 4.69) is 40.8 Å². The number of aromatic nitrogens is 3. The number of anilines is 1. The summed E-state index contributed by atoms with van der Waals surface area (Å²) in [5, 5.41) is 3.86. The molecule has 0 radical (unpaired) electrons. The zero-order chi connectivity index (χ0) is 29.5. The number of pyridine rings is 3. The van der Waals surface area contributed by atoms with Crippen LogP contribution in [0.4, 0.5) is 10.1 Å². The van der Waals surface area contributed by atoms with Gasteiger partial charge in [0, 0.05) is 34.2 Å². The topological polar surface area (TPSA) is 76.9 Å². The first-order valence-electron chi connectivity index (χ1n) is 13.5. The zero-order valence-electron chi connectivity index (χ0n) is 24.1. The Morgan fingerprint density at radius 2 is 1.85 bits per heavy atom. The van der Waals surface area contributed by atoms with Crippen molar-refractivity contribution in [2.75, 3.05) is 24.5 Å². The van der Waals surface area contributed by atoms with Crippen LogP contribution in [0.5, 0.6) is 0 Å². The van der Waals surface area contributed by atoms with E-state index in [1.165, 1.54) is 16.7 Å². The maximum Gasteiger partial charge on any atom is 0.261 e. The molecular formula is C32H35FN4O2S2. The van der Waals surface area contributed by atoms with Gasteiger partial charge in [-0.25, -0.2) is 9.37 Å². The minimum atomic E-state index is -0.554. The number of carbonyl (C=O) groups is 1. The Hall–Kier alpha value is -3.43. The summed E-state index contributed by atoms with van der Waals surface area (Å²) in [6.45, 7) is 5.41. The molecule has 9 heteroatoms. The molecule has 0 unspecified atom stereocenters. The molecule has 0 aliphatic heterocycles. The zero-order valence-corrected chi connectivity index (χ0v) is 25.7. The first-order chi connectivity index (χ1) is 19.8. The first-order valence-corrected chi connectivity index (χ1v) is 15.9. The van der Waals surface area contributed by atoms with Gasteiger partial charge in [-0.3, -0.25) is 14.6 Å². The monoisotopic (exact) mass is 590 g/mol. The largest absolute Gasteiger partial charge is 0.347 e. The summed E-state index contributed by atoms with van der Waals surface area (Å²) in [6, 6.07) is 11.5. The van der Waals surface area contributed by atoms with Gasteiger partial charge in [-0.1, -0.05) is 23.8 Å². The van der Waals surface area contributed by atoms with Crippen LogP contribution < -0.4 is 10.7 Å². The normalized spacial score (nSPS) is 12.6. The van der Waals surface area contributed by atoms with E-state index in [0.29, 0.717) is 16.9 Å². The van der Waals surface area contributed by atoms with E-state index in [-0.39, 0.29) is 17.5 Å². The summed E-state index contributed by atoms with van der Waals surface area (Å²) >= 11 is 3.40. The van der Waals surface area contributed by atoms with Crippen LogP contribution in [0.15, 0.2) is 69.6 Å². The summed E-state index contributed by atoms with van der Waals surface area (Å²) in [4.78, 5) is 35.9. The molecule has 0 saturated carbocycles. The van der Waals surface area contributed by atoms with Gasteiger partial charge in [0.1, 0.15) is 17.3 Å². The summed E-state index contributed by atoms with van der Waals surface area (Å²) < 4.78 is 14.6. The quantitative estimate of drug-likeness (QED) is 0.223. The summed E-state index contributed by atoms with van der Waals surface area (Å²) in [7, 11) is 0. The number of allylic oxidation sites excluding steroid dienone is 2. The molecule has 0 fully saturated rings. The number of aryl methyl sites for hydroxylation is 3. The lowest BCUT2D eigenvalue weighted by Crippen LogP contribution is -2.27. The predicted octanol–water partition coefficient (Wildman–Crippen LogP) is 7.64. The second kappa shape index (κ2) is 14.0. The van der Waals surface area contributed by atoms with Gasteiger partial charge in [0.25, 0.3) is 5.91 Å². The molecular weight excluding hydrogens is 556 g/mol. The molecule has 4 aromatic rings. The molecule has 1 aliphatic carbocycles. The molecule has 5 rings (SSSR count). The van der Waals surface area contributed by atoms with Crippen LogP contribution in [0.2, 0.25) is 0 Å². The van der Waals surface area contributed by atoms with Crippen molar-refractivity contribution in [3.05, 3.63) is 93.0 Å². The number of amides is 1. The van der Waals surface area contributed by atoms with Gasteiger partial charge in [0.2, 0.25) is 5.43 Å². The smallest absolute Gasteiger partial charge is 0.261 e. The molecule has 0 spiro atoms. The van der Waals surface area contributed by atoms with Crippen molar-refractivity contribution in [1.29, 1.82) is 0 Å². The van der Waals surface area contributed by atoms with Gasteiger partial charge in [-0.15, -0.1) is 23.5 Å². The number of carbonyl (C=O) groups excluding carboxylic acids is 1. The fraction of sp³-hybridized carbons (Fsp3) is 0.312. The number of alkyl halides is 1. The van der Waals surface area contributed by atoms with E-state index in [4.69, 9.17) is 0 Å². The number of benzene rings is 1. The van der Waals surface area contributed by atoms with Gasteiger partial charge in [0.15, 0.2) is 0 Å². The molecule has 0 bridgehead atoms. The lowest BCUT2D eigenvalue weighted by molar-refractivity contribution is 0.102. The number of hydrogen-bond acceptors (Lipinski definition) is 6. The number of hydrogen-bond donors (Lipinski definition) is 1. The van der Waals surface area contributed by atoms with Crippen LogP contribution in [0, 0.1) is 20.8 Å². The number of halogens is 1. The van der Waals surface area contributed by atoms with Gasteiger partial charge < -0.3 is 9.88 Å². The molecule has 3 heterocycles. The third kappa shape index (κ3) is 7.08. The highest BCUT2D eigenvalue weighted by Gasteiger charge is 2.22. The van der Waals surface area contributed by atoms with Crippen molar-refractivity contribution in [1.82, 2.24) is 14.5 Å². The van der Waals surface area contributed by atoms with Crippen LogP contribution in [0.1, 0.15) is 52.0 Å². The second-order valence-electron chi connectivity index (χ2n) is 9.85. The summed E-state index contributed by atoms with van der Waals surface area (Å²) in [5.41, 5.74) is 6.88. The number of fused-ring (bicyclic) bond motifs is 1. The van der Waals surface area contributed by atoms with Crippen molar-refractivity contribution in [3.63, 3.8) is 0 Å². The van der Waals surface area contributed by atoms with Crippen LogP contribution in [-0.2, 0) is 6.54 Å². The van der Waals surface area contributed by atoms with E-state index in [0.717, 1.165) is 46.5 Å². The molecule has 3 aromatic heterocycles. The number of nitrogens with zero attached hydrogens (tertiary/aromatic N) is 3. The molecule has 1 aliphatic rings. The minimum absolute atomic E-state index is 0.0485. The Bertz CT molecular complexity index is 1650. The van der Waals surface area contributed by atoms with Crippen molar-refractivity contribution in [2.24, 2.45) is 0 Å². The number of thioether (sulfide) groups is 2. The van der Waals surface area contributed by atoms with Crippen molar-refractivity contribution in [2.45, 2.75) is 56.5 Å². The van der Waals surface area contributed by atoms with Crippen molar-refractivity contribution < 1.29 is 9.18 Å². The SMILES string of the molecule is CSc1cc2nccc(C)c2nc1SC.Cc1ccc(NC(=O)c2cn(CCF)c(C)c(C3=CCCC3)c2=O)cc1. The molecule has 1 N–H and O–H groups in total. The first kappa shape index (κ1) is 30.5. The van der Waals surface area contributed by atoms with Crippen LogP contribution >= 0.6 is 23.5 Å². The van der Waals surface area contributed by atoms with Gasteiger partial charge in [-0.05, 0) is 87.9 Å². The number of rotatable bonds is 7. The highest BCUT2D eigenvalue weighted by atomic mass is 32.2. The van der Waals surface area contributed by atoms with E-state index in [9.17, 15) is 14.0 Å². The average Bonchev–Trinajstić information content (AvgIpc) is 3.50. The molecule has 41 heavy (non-hydrogen) atoms. The average molecular weight is 591 g/mol. The highest BCUT2D eigenvalue weighted by molar-refractivity contribution is 8.01.